The molecule has 0 N–H and O–H groups in total. The van der Waals surface area contributed by atoms with Crippen LogP contribution in [0.5, 0.6) is 0 Å². The van der Waals surface area contributed by atoms with E-state index in [1.165, 1.54) is 19.3 Å². The van der Waals surface area contributed by atoms with Crippen molar-refractivity contribution in [3.8, 4) is 6.07 Å². The van der Waals surface area contributed by atoms with E-state index in [0.717, 1.165) is 18.2 Å². The summed E-state index contributed by atoms with van der Waals surface area (Å²) in [5.74, 6) is 2.80. The molecule has 19 heavy (non-hydrogen) atoms. The van der Waals surface area contributed by atoms with Crippen LogP contribution in [0.4, 0.5) is 0 Å². The largest absolute Gasteiger partial charge is 0.339 e. The minimum Gasteiger partial charge on any atom is -0.339 e. The first kappa shape index (κ1) is 14.0. The summed E-state index contributed by atoms with van der Waals surface area (Å²) < 4.78 is 5.39. The number of hydrogen-bond acceptors (Lipinski definition) is 4. The molecule has 1 saturated carbocycles. The lowest BCUT2D eigenvalue weighted by Crippen LogP contribution is -2.18. The van der Waals surface area contributed by atoms with Gasteiger partial charge < -0.3 is 4.52 Å². The average molecular weight is 261 g/mol. The predicted octanol–water partition coefficient (Wildman–Crippen LogP) is 3.85. The Morgan fingerprint density at radius 1 is 1.47 bits per heavy atom. The predicted molar refractivity (Wildman–Crippen MR) is 72.4 cm³/mol. The zero-order chi connectivity index (χ0) is 13.9. The van der Waals surface area contributed by atoms with Crippen molar-refractivity contribution in [2.75, 3.05) is 0 Å². The van der Waals surface area contributed by atoms with Crippen LogP contribution in [-0.4, -0.2) is 10.1 Å². The van der Waals surface area contributed by atoms with Crippen molar-refractivity contribution in [3.63, 3.8) is 0 Å². The molecule has 1 aliphatic rings. The molecular weight excluding hydrogens is 238 g/mol. The van der Waals surface area contributed by atoms with Crippen molar-refractivity contribution in [3.05, 3.63) is 11.7 Å². The van der Waals surface area contributed by atoms with Crippen LogP contribution in [0.15, 0.2) is 4.52 Å². The van der Waals surface area contributed by atoms with Crippen molar-refractivity contribution in [1.29, 1.82) is 5.26 Å². The summed E-state index contributed by atoms with van der Waals surface area (Å²) in [6.45, 7) is 6.49. The molecule has 0 amide bonds. The second kappa shape index (κ2) is 5.73. The quantitative estimate of drug-likeness (QED) is 0.807. The molecule has 4 nitrogen and oxygen atoms in total. The monoisotopic (exact) mass is 261 g/mol. The van der Waals surface area contributed by atoms with Gasteiger partial charge in [-0.1, -0.05) is 25.9 Å². The Labute approximate surface area is 115 Å². The van der Waals surface area contributed by atoms with Gasteiger partial charge in [-0.05, 0) is 37.0 Å². The van der Waals surface area contributed by atoms with Gasteiger partial charge in [0.2, 0.25) is 5.89 Å². The van der Waals surface area contributed by atoms with Crippen LogP contribution >= 0.6 is 0 Å². The van der Waals surface area contributed by atoms with E-state index in [1.807, 2.05) is 0 Å². The van der Waals surface area contributed by atoms with Gasteiger partial charge in [-0.15, -0.1) is 0 Å². The van der Waals surface area contributed by atoms with E-state index >= 15 is 0 Å². The molecule has 0 spiro atoms. The van der Waals surface area contributed by atoms with Crippen molar-refractivity contribution >= 4 is 0 Å². The molecule has 0 saturated heterocycles. The van der Waals surface area contributed by atoms with Gasteiger partial charge in [0, 0.05) is 18.8 Å². The fraction of sp³-hybridized carbons (Fsp3) is 0.800. The molecule has 3 atom stereocenters. The average Bonchev–Trinajstić information content (AvgIpc) is 2.98. The zero-order valence-electron chi connectivity index (χ0n) is 12.1. The third kappa shape index (κ3) is 3.34. The van der Waals surface area contributed by atoms with E-state index in [1.54, 1.807) is 0 Å². The maximum Gasteiger partial charge on any atom is 0.227 e. The molecule has 0 bridgehead atoms. The van der Waals surface area contributed by atoms with Gasteiger partial charge in [0.15, 0.2) is 5.82 Å². The summed E-state index contributed by atoms with van der Waals surface area (Å²) in [6.07, 6.45) is 5.77. The number of nitriles is 1. The molecule has 2 rings (SSSR count). The minimum absolute atomic E-state index is 0.0540. The first-order valence-electron chi connectivity index (χ1n) is 7.26. The molecule has 1 aromatic heterocycles. The van der Waals surface area contributed by atoms with E-state index < -0.39 is 0 Å². The normalized spacial score (nSPS) is 26.0. The maximum absolute atomic E-state index is 8.90. The number of aromatic nitrogens is 2. The summed E-state index contributed by atoms with van der Waals surface area (Å²) in [4.78, 5) is 4.55. The van der Waals surface area contributed by atoms with E-state index in [4.69, 9.17) is 9.78 Å². The molecule has 1 heterocycles. The highest BCUT2D eigenvalue weighted by molar-refractivity contribution is 5.01. The number of hydrogen-bond donors (Lipinski definition) is 0. The standard InChI is InChI=1S/C15H23N3O/c1-4-15(3,7-8-16)10-13-17-14(18-19-13)12-6-5-11(2)9-12/h11-12H,4-7,9-10H2,1-3H3. The smallest absolute Gasteiger partial charge is 0.227 e. The molecular formula is C15H23N3O. The Hall–Kier alpha value is -1.37. The molecule has 1 aliphatic carbocycles. The van der Waals surface area contributed by atoms with Crippen molar-refractivity contribution in [1.82, 2.24) is 10.1 Å². The van der Waals surface area contributed by atoms with Crippen molar-refractivity contribution in [2.24, 2.45) is 11.3 Å². The van der Waals surface area contributed by atoms with E-state index in [9.17, 15) is 0 Å². The molecule has 4 heteroatoms. The van der Waals surface area contributed by atoms with Crippen LogP contribution < -0.4 is 0 Å². The van der Waals surface area contributed by atoms with Gasteiger partial charge in [0.05, 0.1) is 6.07 Å². The van der Waals surface area contributed by atoms with Gasteiger partial charge >= 0.3 is 0 Å². The Morgan fingerprint density at radius 2 is 2.26 bits per heavy atom. The lowest BCUT2D eigenvalue weighted by molar-refractivity contribution is 0.265. The molecule has 1 aromatic rings. The van der Waals surface area contributed by atoms with E-state index in [-0.39, 0.29) is 5.41 Å². The van der Waals surface area contributed by atoms with Crippen LogP contribution in [0.25, 0.3) is 0 Å². The summed E-state index contributed by atoms with van der Waals surface area (Å²) >= 11 is 0. The lowest BCUT2D eigenvalue weighted by atomic mass is 9.81. The molecule has 3 unspecified atom stereocenters. The van der Waals surface area contributed by atoms with Gasteiger partial charge in [0.1, 0.15) is 0 Å². The zero-order valence-corrected chi connectivity index (χ0v) is 12.1. The van der Waals surface area contributed by atoms with E-state index in [2.05, 4.69) is 37.0 Å². The first-order chi connectivity index (χ1) is 9.06. The highest BCUT2D eigenvalue weighted by Crippen LogP contribution is 2.37. The third-order valence-corrected chi connectivity index (χ3v) is 4.48. The highest BCUT2D eigenvalue weighted by Gasteiger charge is 2.29. The summed E-state index contributed by atoms with van der Waals surface area (Å²) in [5, 5.41) is 13.0. The molecule has 0 radical (unpaired) electrons. The molecule has 1 fully saturated rings. The Bertz CT molecular complexity index is 462. The summed E-state index contributed by atoms with van der Waals surface area (Å²) in [6, 6.07) is 2.26. The van der Waals surface area contributed by atoms with Gasteiger partial charge in [0.25, 0.3) is 0 Å². The second-order valence-corrected chi connectivity index (χ2v) is 6.34. The van der Waals surface area contributed by atoms with Gasteiger partial charge in [-0.2, -0.15) is 10.2 Å². The number of rotatable bonds is 5. The Kier molecular flexibility index (Phi) is 4.24. The van der Waals surface area contributed by atoms with Crippen LogP contribution in [0.2, 0.25) is 0 Å². The Balaban J connectivity index is 2.03. The highest BCUT2D eigenvalue weighted by atomic mass is 16.5. The molecule has 0 aliphatic heterocycles. The Morgan fingerprint density at radius 3 is 2.84 bits per heavy atom. The topological polar surface area (TPSA) is 62.7 Å². The number of nitrogens with zero attached hydrogens (tertiary/aromatic N) is 3. The van der Waals surface area contributed by atoms with Crippen LogP contribution in [0.1, 0.15) is 70.5 Å². The second-order valence-electron chi connectivity index (χ2n) is 6.34. The first-order valence-corrected chi connectivity index (χ1v) is 7.26. The van der Waals surface area contributed by atoms with Crippen LogP contribution in [0.3, 0.4) is 0 Å². The molecule has 104 valence electrons. The van der Waals surface area contributed by atoms with Gasteiger partial charge in [-0.25, -0.2) is 0 Å². The minimum atomic E-state index is -0.0540. The van der Waals surface area contributed by atoms with Crippen molar-refractivity contribution in [2.45, 2.75) is 65.2 Å². The third-order valence-electron chi connectivity index (χ3n) is 4.48. The fourth-order valence-electron chi connectivity index (χ4n) is 2.82. The fourth-order valence-corrected chi connectivity index (χ4v) is 2.82. The van der Waals surface area contributed by atoms with Crippen LogP contribution in [0, 0.1) is 22.7 Å². The SMILES string of the molecule is CCC(C)(CC#N)Cc1nc(C2CCC(C)C2)no1. The summed E-state index contributed by atoms with van der Waals surface area (Å²) in [7, 11) is 0. The summed E-state index contributed by atoms with van der Waals surface area (Å²) in [5.41, 5.74) is -0.0540. The maximum atomic E-state index is 8.90. The van der Waals surface area contributed by atoms with Crippen molar-refractivity contribution < 1.29 is 4.52 Å². The molecule has 0 aromatic carbocycles. The van der Waals surface area contributed by atoms with E-state index in [0.29, 0.717) is 24.7 Å². The lowest BCUT2D eigenvalue weighted by Gasteiger charge is -2.22. The van der Waals surface area contributed by atoms with Crippen LogP contribution in [-0.2, 0) is 6.42 Å². The van der Waals surface area contributed by atoms with Gasteiger partial charge in [-0.3, -0.25) is 0 Å².